The van der Waals surface area contributed by atoms with Crippen LogP contribution in [0.2, 0.25) is 10.0 Å². The number of carbonyl (C=O) groups excluding carboxylic acids is 1. The van der Waals surface area contributed by atoms with Crippen LogP contribution in [0.5, 0.6) is 0 Å². The fraction of sp³-hybridized carbons (Fsp3) is 0.150. The fourth-order valence-electron chi connectivity index (χ4n) is 2.84. The molecule has 2 aromatic heterocycles. The number of hydrogen-bond acceptors (Lipinski definition) is 7. The number of aromatic nitrogens is 2. The van der Waals surface area contributed by atoms with Crippen molar-refractivity contribution in [2.24, 2.45) is 0 Å². The van der Waals surface area contributed by atoms with Crippen LogP contribution in [-0.4, -0.2) is 22.4 Å². The van der Waals surface area contributed by atoms with Crippen molar-refractivity contribution < 1.29 is 13.9 Å². The summed E-state index contributed by atoms with van der Waals surface area (Å²) in [5, 5.41) is 6.36. The topological polar surface area (TPSA) is 57.3 Å². The predicted molar refractivity (Wildman–Crippen MR) is 124 cm³/mol. The summed E-state index contributed by atoms with van der Waals surface area (Å²) in [7, 11) is 0. The molecule has 0 aliphatic rings. The molecule has 0 amide bonds. The number of thioether (sulfide) groups is 1. The van der Waals surface area contributed by atoms with E-state index in [1.807, 2.05) is 24.3 Å². The third-order valence-corrected chi connectivity index (χ3v) is 7.31. The van der Waals surface area contributed by atoms with Crippen LogP contribution in [-0.2, 0) is 10.5 Å². The number of rotatable bonds is 6. The largest absolute Gasteiger partial charge is 0.460 e. The number of fused-ring (bicyclic) bond motifs is 1. The number of para-hydroxylation sites is 1. The van der Waals surface area contributed by atoms with Crippen LogP contribution >= 0.6 is 58.5 Å². The van der Waals surface area contributed by atoms with E-state index in [-0.39, 0.29) is 12.4 Å². The SMILES string of the molecule is CCOC(=O)c1oc2ccccc2c1CSc1nn(-c2ccc(Cl)c(Cl)c2)c(=S)s1. The Hall–Kier alpha value is -1.84. The number of furan rings is 1. The molecule has 0 aliphatic heterocycles. The van der Waals surface area contributed by atoms with Crippen LogP contribution in [0.25, 0.3) is 16.7 Å². The number of esters is 1. The monoisotopic (exact) mass is 496 g/mol. The van der Waals surface area contributed by atoms with E-state index in [1.54, 1.807) is 29.8 Å². The van der Waals surface area contributed by atoms with Crippen LogP contribution in [0.3, 0.4) is 0 Å². The van der Waals surface area contributed by atoms with Gasteiger partial charge in [-0.25, -0.2) is 9.48 Å². The summed E-state index contributed by atoms with van der Waals surface area (Å²) in [4.78, 5) is 12.4. The molecular formula is C20H14Cl2N2O3S3. The van der Waals surface area contributed by atoms with Gasteiger partial charge in [-0.05, 0) is 43.4 Å². The summed E-state index contributed by atoms with van der Waals surface area (Å²) in [6.45, 7) is 2.04. The second-order valence-corrected chi connectivity index (χ2v) is 9.72. The van der Waals surface area contributed by atoms with E-state index in [0.29, 0.717) is 25.3 Å². The van der Waals surface area contributed by atoms with Gasteiger partial charge >= 0.3 is 5.97 Å². The zero-order valence-corrected chi connectivity index (χ0v) is 19.5. The standard InChI is InChI=1S/C20H14Cl2N2O3S3/c1-2-26-18(25)17-13(12-5-3-4-6-16(12)27-17)10-29-19-23-24(20(28)30-19)11-7-8-14(21)15(22)9-11/h3-9H,2,10H2,1H3. The lowest BCUT2D eigenvalue weighted by atomic mass is 10.1. The fourth-order valence-corrected chi connectivity index (χ4v) is 5.52. The van der Waals surface area contributed by atoms with E-state index in [0.717, 1.165) is 21.0 Å². The lowest BCUT2D eigenvalue weighted by Crippen LogP contribution is -2.05. The Labute approximate surface area is 195 Å². The quantitative estimate of drug-likeness (QED) is 0.160. The van der Waals surface area contributed by atoms with Gasteiger partial charge in [0, 0.05) is 16.7 Å². The predicted octanol–water partition coefficient (Wildman–Crippen LogP) is 7.19. The van der Waals surface area contributed by atoms with Gasteiger partial charge in [-0.2, -0.15) is 0 Å². The maximum Gasteiger partial charge on any atom is 0.374 e. The molecule has 0 saturated heterocycles. The summed E-state index contributed by atoms with van der Waals surface area (Å²) in [5.41, 5.74) is 2.15. The highest BCUT2D eigenvalue weighted by Gasteiger charge is 2.22. The first-order valence-corrected chi connectivity index (χ1v) is 11.8. The highest BCUT2D eigenvalue weighted by molar-refractivity contribution is 8.00. The Morgan fingerprint density at radius 2 is 2.07 bits per heavy atom. The van der Waals surface area contributed by atoms with Crippen LogP contribution < -0.4 is 0 Å². The summed E-state index contributed by atoms with van der Waals surface area (Å²) in [6, 6.07) is 12.8. The Balaban J connectivity index is 1.63. The van der Waals surface area contributed by atoms with Crippen LogP contribution in [0.15, 0.2) is 51.2 Å². The summed E-state index contributed by atoms with van der Waals surface area (Å²) >= 11 is 20.4. The highest BCUT2D eigenvalue weighted by Crippen LogP contribution is 2.34. The van der Waals surface area contributed by atoms with Crippen molar-refractivity contribution in [3.8, 4) is 5.69 Å². The molecule has 5 nitrogen and oxygen atoms in total. The molecule has 30 heavy (non-hydrogen) atoms. The second kappa shape index (κ2) is 9.11. The zero-order chi connectivity index (χ0) is 21.3. The third-order valence-electron chi connectivity index (χ3n) is 4.18. The first-order valence-electron chi connectivity index (χ1n) is 8.84. The molecule has 0 fully saturated rings. The van der Waals surface area contributed by atoms with Gasteiger partial charge in [0.05, 0.1) is 22.3 Å². The minimum Gasteiger partial charge on any atom is -0.460 e. The Kier molecular flexibility index (Phi) is 6.50. The Morgan fingerprint density at radius 3 is 2.83 bits per heavy atom. The summed E-state index contributed by atoms with van der Waals surface area (Å²) in [6.07, 6.45) is 0. The molecule has 0 N–H and O–H groups in total. The summed E-state index contributed by atoms with van der Waals surface area (Å²) < 4.78 is 13.9. The molecule has 0 unspecified atom stereocenters. The molecule has 0 aliphatic carbocycles. The molecule has 154 valence electrons. The molecule has 4 rings (SSSR count). The molecule has 10 heteroatoms. The smallest absolute Gasteiger partial charge is 0.374 e. The number of carbonyl (C=O) groups is 1. The molecule has 0 spiro atoms. The van der Waals surface area contributed by atoms with Crippen molar-refractivity contribution in [2.75, 3.05) is 6.61 Å². The molecule has 0 radical (unpaired) electrons. The van der Waals surface area contributed by atoms with Crippen molar-refractivity contribution >= 4 is 75.5 Å². The number of hydrogen-bond donors (Lipinski definition) is 0. The van der Waals surface area contributed by atoms with Gasteiger partial charge in [0.1, 0.15) is 5.58 Å². The van der Waals surface area contributed by atoms with Crippen molar-refractivity contribution in [1.29, 1.82) is 0 Å². The van der Waals surface area contributed by atoms with E-state index < -0.39 is 5.97 Å². The van der Waals surface area contributed by atoms with Gasteiger partial charge in [0.2, 0.25) is 5.76 Å². The van der Waals surface area contributed by atoms with E-state index >= 15 is 0 Å². The molecule has 0 bridgehead atoms. The number of nitrogens with zero attached hydrogens (tertiary/aromatic N) is 2. The minimum absolute atomic E-state index is 0.220. The van der Waals surface area contributed by atoms with E-state index in [2.05, 4.69) is 5.10 Å². The van der Waals surface area contributed by atoms with Gasteiger partial charge in [-0.15, -0.1) is 5.10 Å². The van der Waals surface area contributed by atoms with Crippen molar-refractivity contribution in [3.05, 3.63) is 67.8 Å². The van der Waals surface area contributed by atoms with Crippen LogP contribution in [0, 0.1) is 3.95 Å². The third kappa shape index (κ3) is 4.29. The Bertz CT molecular complexity index is 1300. The van der Waals surface area contributed by atoms with E-state index in [4.69, 9.17) is 44.6 Å². The average molecular weight is 497 g/mol. The lowest BCUT2D eigenvalue weighted by Gasteiger charge is -2.03. The molecular weight excluding hydrogens is 483 g/mol. The van der Waals surface area contributed by atoms with E-state index in [9.17, 15) is 4.79 Å². The number of ether oxygens (including phenoxy) is 1. The minimum atomic E-state index is -0.474. The molecule has 2 aromatic carbocycles. The molecule has 0 saturated carbocycles. The number of halogens is 2. The first kappa shape index (κ1) is 21.4. The maximum absolute atomic E-state index is 12.4. The average Bonchev–Trinajstić information content (AvgIpc) is 3.29. The second-order valence-electron chi connectivity index (χ2n) is 6.06. The molecule has 4 aromatic rings. The van der Waals surface area contributed by atoms with Crippen LogP contribution in [0.1, 0.15) is 23.0 Å². The molecule has 2 heterocycles. The molecule has 0 atom stereocenters. The van der Waals surface area contributed by atoms with E-state index in [1.165, 1.54) is 23.1 Å². The number of benzene rings is 2. The van der Waals surface area contributed by atoms with Gasteiger partial charge in [-0.3, -0.25) is 0 Å². The maximum atomic E-state index is 12.4. The first-order chi connectivity index (χ1) is 14.5. The van der Waals surface area contributed by atoms with Crippen molar-refractivity contribution in [3.63, 3.8) is 0 Å². The van der Waals surface area contributed by atoms with Crippen molar-refractivity contribution in [1.82, 2.24) is 9.78 Å². The van der Waals surface area contributed by atoms with Crippen molar-refractivity contribution in [2.45, 2.75) is 17.0 Å². The van der Waals surface area contributed by atoms with Crippen LogP contribution in [0.4, 0.5) is 0 Å². The highest BCUT2D eigenvalue weighted by atomic mass is 35.5. The van der Waals surface area contributed by atoms with Gasteiger partial charge < -0.3 is 9.15 Å². The zero-order valence-electron chi connectivity index (χ0n) is 15.6. The van der Waals surface area contributed by atoms with Gasteiger partial charge in [-0.1, -0.05) is 64.5 Å². The summed E-state index contributed by atoms with van der Waals surface area (Å²) in [5.74, 6) is 0.228. The van der Waals surface area contributed by atoms with Gasteiger partial charge in [0.25, 0.3) is 0 Å². The lowest BCUT2D eigenvalue weighted by molar-refractivity contribution is 0.0491. The van der Waals surface area contributed by atoms with Gasteiger partial charge in [0.15, 0.2) is 8.29 Å². The normalized spacial score (nSPS) is 11.2. The Morgan fingerprint density at radius 1 is 1.27 bits per heavy atom.